The third-order valence-corrected chi connectivity index (χ3v) is 4.24. The molecule has 0 bridgehead atoms. The Bertz CT molecular complexity index is 412. The van der Waals surface area contributed by atoms with Crippen LogP contribution in [0, 0.1) is 0 Å². The van der Waals surface area contributed by atoms with Crippen molar-refractivity contribution in [3.63, 3.8) is 0 Å². The normalized spacial score (nSPS) is 26.2. The van der Waals surface area contributed by atoms with Gasteiger partial charge in [-0.05, 0) is 32.5 Å². The van der Waals surface area contributed by atoms with E-state index in [2.05, 4.69) is 36.0 Å². The van der Waals surface area contributed by atoms with Crippen LogP contribution < -0.4 is 0 Å². The van der Waals surface area contributed by atoms with Crippen LogP contribution in [-0.4, -0.2) is 58.1 Å². The molecule has 1 aromatic rings. The maximum Gasteiger partial charge on any atom is 0.284 e. The van der Waals surface area contributed by atoms with Crippen molar-refractivity contribution in [2.45, 2.75) is 25.9 Å². The van der Waals surface area contributed by atoms with Crippen LogP contribution in [-0.2, 0) is 0 Å². The van der Waals surface area contributed by atoms with Crippen molar-refractivity contribution in [1.29, 1.82) is 0 Å². The molecule has 0 aromatic carbocycles. The van der Waals surface area contributed by atoms with E-state index in [4.69, 9.17) is 11.6 Å². The zero-order chi connectivity index (χ0) is 12.6. The molecule has 1 amide bonds. The lowest BCUT2D eigenvalue weighted by molar-refractivity contribution is 0.0413. The van der Waals surface area contributed by atoms with Crippen LogP contribution in [0.5, 0.6) is 0 Å². The van der Waals surface area contributed by atoms with Crippen molar-refractivity contribution in [1.82, 2.24) is 20.0 Å². The van der Waals surface area contributed by atoms with Crippen LogP contribution in [0.4, 0.5) is 0 Å². The molecule has 7 heteroatoms. The van der Waals surface area contributed by atoms with Gasteiger partial charge in [0.15, 0.2) is 0 Å². The van der Waals surface area contributed by atoms with Gasteiger partial charge in [-0.2, -0.15) is 0 Å². The molecule has 0 aliphatic carbocycles. The number of likely N-dealkylation sites (N-methyl/N-ethyl adjacent to an activating group) is 1. The van der Waals surface area contributed by atoms with E-state index in [1.807, 2.05) is 4.90 Å². The van der Waals surface area contributed by atoms with Crippen molar-refractivity contribution in [2.75, 3.05) is 20.1 Å². The van der Waals surface area contributed by atoms with E-state index < -0.39 is 0 Å². The summed E-state index contributed by atoms with van der Waals surface area (Å²) in [5, 5.41) is 7.83. The van der Waals surface area contributed by atoms with Gasteiger partial charge >= 0.3 is 0 Å². The molecule has 5 nitrogen and oxygen atoms in total. The molecule has 1 saturated heterocycles. The zero-order valence-corrected chi connectivity index (χ0v) is 11.6. The van der Waals surface area contributed by atoms with Gasteiger partial charge in [0.05, 0.1) is 0 Å². The van der Waals surface area contributed by atoms with Crippen LogP contribution in [0.3, 0.4) is 0 Å². The predicted molar refractivity (Wildman–Crippen MR) is 67.5 cm³/mol. The first-order valence-corrected chi connectivity index (χ1v) is 6.68. The Morgan fingerprint density at radius 1 is 1.35 bits per heavy atom. The minimum atomic E-state index is -0.0683. The van der Waals surface area contributed by atoms with Gasteiger partial charge in [0, 0.05) is 25.2 Å². The molecule has 1 fully saturated rings. The van der Waals surface area contributed by atoms with E-state index in [9.17, 15) is 4.79 Å². The summed E-state index contributed by atoms with van der Waals surface area (Å²) >= 11 is 6.82. The van der Waals surface area contributed by atoms with Gasteiger partial charge in [0.25, 0.3) is 5.91 Å². The van der Waals surface area contributed by atoms with E-state index in [1.165, 1.54) is 0 Å². The van der Waals surface area contributed by atoms with Crippen molar-refractivity contribution < 1.29 is 4.79 Å². The number of hydrogen-bond donors (Lipinski definition) is 0. The molecule has 0 spiro atoms. The van der Waals surface area contributed by atoms with Crippen molar-refractivity contribution in [3.8, 4) is 0 Å². The predicted octanol–water partition coefficient (Wildman–Crippen LogP) is 1.36. The first-order chi connectivity index (χ1) is 7.99. The fourth-order valence-electron chi connectivity index (χ4n) is 2.00. The average molecular weight is 275 g/mol. The minimum absolute atomic E-state index is 0.0683. The third-order valence-electron chi connectivity index (χ3n) is 3.23. The van der Waals surface area contributed by atoms with Gasteiger partial charge in [-0.1, -0.05) is 11.3 Å². The third kappa shape index (κ3) is 2.59. The van der Waals surface area contributed by atoms with Gasteiger partial charge in [-0.15, -0.1) is 10.2 Å². The maximum atomic E-state index is 12.2. The molecule has 0 N–H and O–H groups in total. The summed E-state index contributed by atoms with van der Waals surface area (Å²) in [6.45, 7) is 5.67. The molecule has 2 heterocycles. The Hall–Kier alpha value is -0.720. The lowest BCUT2D eigenvalue weighted by Gasteiger charge is -2.42. The first kappa shape index (κ1) is 12.7. The number of hydrogen-bond acceptors (Lipinski definition) is 5. The second kappa shape index (κ2) is 4.88. The number of aromatic nitrogens is 2. The smallest absolute Gasteiger partial charge is 0.284 e. The Morgan fingerprint density at radius 3 is 2.41 bits per heavy atom. The van der Waals surface area contributed by atoms with E-state index >= 15 is 0 Å². The van der Waals surface area contributed by atoms with E-state index in [-0.39, 0.29) is 5.91 Å². The molecule has 0 radical (unpaired) electrons. The fraction of sp³-hybridized carbons (Fsp3) is 0.700. The molecule has 2 atom stereocenters. The summed E-state index contributed by atoms with van der Waals surface area (Å²) in [4.78, 5) is 16.3. The Morgan fingerprint density at radius 2 is 1.94 bits per heavy atom. The molecule has 17 heavy (non-hydrogen) atoms. The van der Waals surface area contributed by atoms with Crippen LogP contribution in [0.25, 0.3) is 0 Å². The summed E-state index contributed by atoms with van der Waals surface area (Å²) < 4.78 is 0.309. The number of halogens is 1. The number of piperazine rings is 1. The number of carbonyl (C=O) groups excluding carboxylic acids is 1. The summed E-state index contributed by atoms with van der Waals surface area (Å²) in [7, 11) is 2.08. The second-order valence-corrected chi connectivity index (χ2v) is 5.99. The molecule has 1 aliphatic rings. The molecular formula is C10H15ClN4OS. The zero-order valence-electron chi connectivity index (χ0n) is 10.1. The van der Waals surface area contributed by atoms with E-state index in [1.54, 1.807) is 0 Å². The molecule has 2 unspecified atom stereocenters. The standard InChI is InChI=1S/C10H15ClN4OS/c1-6-4-15(5-7(2)14(6)3)9(16)8-12-13-10(11)17-8/h6-7H,4-5H2,1-3H3. The summed E-state index contributed by atoms with van der Waals surface area (Å²) in [5.74, 6) is -0.0683. The van der Waals surface area contributed by atoms with Crippen LogP contribution >= 0.6 is 22.9 Å². The van der Waals surface area contributed by atoms with Gasteiger partial charge in [0.1, 0.15) is 0 Å². The summed E-state index contributed by atoms with van der Waals surface area (Å²) in [6, 6.07) is 0.706. The summed E-state index contributed by atoms with van der Waals surface area (Å²) in [6.07, 6.45) is 0. The number of carbonyl (C=O) groups is 1. The largest absolute Gasteiger partial charge is 0.333 e. The minimum Gasteiger partial charge on any atom is -0.333 e. The van der Waals surface area contributed by atoms with Crippen molar-refractivity contribution in [3.05, 3.63) is 9.47 Å². The highest BCUT2D eigenvalue weighted by molar-refractivity contribution is 7.17. The van der Waals surface area contributed by atoms with Gasteiger partial charge < -0.3 is 4.90 Å². The number of nitrogens with zero attached hydrogens (tertiary/aromatic N) is 4. The highest BCUT2D eigenvalue weighted by Gasteiger charge is 2.31. The highest BCUT2D eigenvalue weighted by Crippen LogP contribution is 2.20. The topological polar surface area (TPSA) is 49.3 Å². The lowest BCUT2D eigenvalue weighted by atomic mass is 10.1. The SMILES string of the molecule is CC1CN(C(=O)c2nnc(Cl)s2)CC(C)N1C. The quantitative estimate of drug-likeness (QED) is 0.776. The molecule has 2 rings (SSSR count). The van der Waals surface area contributed by atoms with Crippen molar-refractivity contribution >= 4 is 28.8 Å². The maximum absolute atomic E-state index is 12.2. The molecular weight excluding hydrogens is 260 g/mol. The Labute approximate surface area is 109 Å². The summed E-state index contributed by atoms with van der Waals surface area (Å²) in [5.41, 5.74) is 0. The van der Waals surface area contributed by atoms with Crippen molar-refractivity contribution in [2.24, 2.45) is 0 Å². The average Bonchev–Trinajstić information content (AvgIpc) is 2.71. The number of rotatable bonds is 1. The van der Waals surface area contributed by atoms with Crippen LogP contribution in [0.2, 0.25) is 4.47 Å². The molecule has 94 valence electrons. The Kier molecular flexibility index (Phi) is 3.65. The second-order valence-electron chi connectivity index (χ2n) is 4.43. The first-order valence-electron chi connectivity index (χ1n) is 5.49. The monoisotopic (exact) mass is 274 g/mol. The molecule has 0 saturated carbocycles. The van der Waals surface area contributed by atoms with Crippen LogP contribution in [0.15, 0.2) is 0 Å². The molecule has 1 aromatic heterocycles. The van der Waals surface area contributed by atoms with Crippen LogP contribution in [0.1, 0.15) is 23.6 Å². The van der Waals surface area contributed by atoms with Gasteiger partial charge in [-0.25, -0.2) is 0 Å². The van der Waals surface area contributed by atoms with E-state index in [0.29, 0.717) is 21.6 Å². The molecule has 1 aliphatic heterocycles. The van der Waals surface area contributed by atoms with Gasteiger partial charge in [0.2, 0.25) is 9.47 Å². The number of amides is 1. The lowest BCUT2D eigenvalue weighted by Crippen LogP contribution is -2.56. The van der Waals surface area contributed by atoms with E-state index in [0.717, 1.165) is 24.4 Å². The fourth-order valence-corrected chi connectivity index (χ4v) is 2.79. The Balaban J connectivity index is 2.11. The highest BCUT2D eigenvalue weighted by atomic mass is 35.5. The van der Waals surface area contributed by atoms with Gasteiger partial charge in [-0.3, -0.25) is 9.69 Å².